The third-order valence-electron chi connectivity index (χ3n) is 6.53. The van der Waals surface area contributed by atoms with E-state index >= 15 is 0 Å². The van der Waals surface area contributed by atoms with Gasteiger partial charge in [-0.05, 0) is 42.3 Å². The van der Waals surface area contributed by atoms with Crippen molar-refractivity contribution in [2.75, 3.05) is 60.2 Å². The van der Waals surface area contributed by atoms with E-state index in [1.54, 1.807) is 12.0 Å². The molecule has 1 fully saturated rings. The molecule has 1 aliphatic heterocycles. The van der Waals surface area contributed by atoms with Crippen LogP contribution in [0.3, 0.4) is 0 Å². The van der Waals surface area contributed by atoms with E-state index in [9.17, 15) is 9.90 Å². The number of hydrogen-bond acceptors (Lipinski definition) is 8. The number of ether oxygens (including phenoxy) is 4. The fourth-order valence-corrected chi connectivity index (χ4v) is 4.66. The zero-order valence-corrected chi connectivity index (χ0v) is 22.9. The molecule has 10 heteroatoms. The number of para-hydroxylation sites is 1. The third-order valence-corrected chi connectivity index (χ3v) is 6.53. The Morgan fingerprint density at radius 1 is 1.05 bits per heavy atom. The van der Waals surface area contributed by atoms with Gasteiger partial charge in [0, 0.05) is 39.5 Å². The van der Waals surface area contributed by atoms with E-state index in [1.807, 2.05) is 72.5 Å². The number of β-amino-alcohol motifs (C(OH)–C–C–N with tert-alkyl or cyclic N) is 1. The van der Waals surface area contributed by atoms with Crippen LogP contribution in [-0.4, -0.2) is 96.4 Å². The van der Waals surface area contributed by atoms with Gasteiger partial charge in [0.05, 0.1) is 26.4 Å². The Balaban J connectivity index is 1.43. The van der Waals surface area contributed by atoms with E-state index < -0.39 is 5.60 Å². The molecule has 1 N–H and O–H groups in total. The summed E-state index contributed by atoms with van der Waals surface area (Å²) in [5, 5.41) is 15.9. The second-order valence-corrected chi connectivity index (χ2v) is 9.90. The molecule has 39 heavy (non-hydrogen) atoms. The van der Waals surface area contributed by atoms with E-state index in [-0.39, 0.29) is 25.7 Å². The van der Waals surface area contributed by atoms with Gasteiger partial charge in [0.1, 0.15) is 31.2 Å². The van der Waals surface area contributed by atoms with Crippen LogP contribution in [0.4, 0.5) is 0 Å². The first-order valence-corrected chi connectivity index (χ1v) is 13.1. The molecule has 0 spiro atoms. The number of amides is 1. The first-order chi connectivity index (χ1) is 18.9. The lowest BCUT2D eigenvalue weighted by molar-refractivity contribution is -0.138. The zero-order chi connectivity index (χ0) is 27.7. The first kappa shape index (κ1) is 28.4. The summed E-state index contributed by atoms with van der Waals surface area (Å²) in [6.07, 6.45) is 3.79. The normalized spacial score (nSPS) is 18.0. The summed E-state index contributed by atoms with van der Waals surface area (Å²) in [6, 6.07) is 15.2. The number of rotatable bonds is 12. The number of methoxy groups -OCH3 is 2. The molecule has 2 aromatic carbocycles. The van der Waals surface area contributed by atoms with Crippen molar-refractivity contribution in [2.24, 2.45) is 0 Å². The number of benzene rings is 2. The van der Waals surface area contributed by atoms with Gasteiger partial charge in [-0.15, -0.1) is 0 Å². The van der Waals surface area contributed by atoms with Crippen molar-refractivity contribution in [3.63, 3.8) is 0 Å². The fraction of sp³-hybridized carbons (Fsp3) is 0.448. The lowest BCUT2D eigenvalue weighted by atomic mass is 10.0. The van der Waals surface area contributed by atoms with Crippen LogP contribution in [-0.2, 0) is 22.6 Å². The van der Waals surface area contributed by atoms with Gasteiger partial charge >= 0.3 is 0 Å². The highest BCUT2D eigenvalue weighted by Gasteiger charge is 2.37. The average Bonchev–Trinajstić information content (AvgIpc) is 3.27. The van der Waals surface area contributed by atoms with E-state index in [0.717, 1.165) is 11.1 Å². The molecule has 4 rings (SSSR count). The summed E-state index contributed by atoms with van der Waals surface area (Å²) in [5.41, 5.74) is 0.841. The minimum absolute atomic E-state index is 0.0334. The summed E-state index contributed by atoms with van der Waals surface area (Å²) in [5.74, 6) is 1.80. The number of nitrogens with zero attached hydrogens (tertiary/aromatic N) is 4. The molecular weight excluding hydrogens is 500 g/mol. The lowest BCUT2D eigenvalue weighted by Gasteiger charge is -2.33. The van der Waals surface area contributed by atoms with E-state index in [4.69, 9.17) is 18.9 Å². The van der Waals surface area contributed by atoms with Gasteiger partial charge in [0.15, 0.2) is 11.5 Å². The van der Waals surface area contributed by atoms with E-state index in [0.29, 0.717) is 56.6 Å². The summed E-state index contributed by atoms with van der Waals surface area (Å²) in [7, 11) is 3.11. The second-order valence-electron chi connectivity index (χ2n) is 9.90. The SMILES string of the molecule is COCC(=O)N1CCN(Cc2ccc(OCCn3cc(C)cn3)c(OC)c2)C[C@](O)(COc2ccccc2)C1. The Bertz CT molecular complexity index is 1200. The monoisotopic (exact) mass is 538 g/mol. The number of aliphatic hydroxyl groups is 1. The number of carbonyl (C=O) groups is 1. The van der Waals surface area contributed by atoms with E-state index in [2.05, 4.69) is 10.00 Å². The minimum atomic E-state index is -1.27. The second kappa shape index (κ2) is 13.5. The molecule has 3 aromatic rings. The summed E-state index contributed by atoms with van der Waals surface area (Å²) in [6.45, 7) is 5.23. The Labute approximate surface area is 229 Å². The van der Waals surface area contributed by atoms with Crippen molar-refractivity contribution in [2.45, 2.75) is 25.6 Å². The van der Waals surface area contributed by atoms with Crippen molar-refractivity contribution in [1.82, 2.24) is 19.6 Å². The highest BCUT2D eigenvalue weighted by molar-refractivity contribution is 5.77. The predicted octanol–water partition coefficient (Wildman–Crippen LogP) is 2.38. The van der Waals surface area contributed by atoms with Crippen molar-refractivity contribution in [3.05, 3.63) is 72.1 Å². The Kier molecular flexibility index (Phi) is 9.80. The maximum Gasteiger partial charge on any atom is 0.248 e. The Morgan fingerprint density at radius 3 is 2.59 bits per heavy atom. The molecule has 10 nitrogen and oxygen atoms in total. The van der Waals surface area contributed by atoms with Crippen LogP contribution >= 0.6 is 0 Å². The van der Waals surface area contributed by atoms with Crippen molar-refractivity contribution in [1.29, 1.82) is 0 Å². The van der Waals surface area contributed by atoms with Crippen LogP contribution in [0.25, 0.3) is 0 Å². The molecule has 1 atom stereocenters. The van der Waals surface area contributed by atoms with Crippen LogP contribution in [0.1, 0.15) is 11.1 Å². The van der Waals surface area contributed by atoms with Crippen molar-refractivity contribution < 1.29 is 28.8 Å². The van der Waals surface area contributed by atoms with Crippen LogP contribution in [0.15, 0.2) is 60.9 Å². The predicted molar refractivity (Wildman–Crippen MR) is 146 cm³/mol. The molecular formula is C29H38N4O6. The van der Waals surface area contributed by atoms with Crippen molar-refractivity contribution in [3.8, 4) is 17.2 Å². The highest BCUT2D eigenvalue weighted by Crippen LogP contribution is 2.29. The van der Waals surface area contributed by atoms with Gasteiger partial charge in [0.25, 0.3) is 0 Å². The maximum atomic E-state index is 12.7. The highest BCUT2D eigenvalue weighted by atomic mass is 16.5. The molecule has 210 valence electrons. The summed E-state index contributed by atoms with van der Waals surface area (Å²) >= 11 is 0. The van der Waals surface area contributed by atoms with Crippen LogP contribution in [0.2, 0.25) is 0 Å². The summed E-state index contributed by atoms with van der Waals surface area (Å²) < 4.78 is 24.4. The first-order valence-electron chi connectivity index (χ1n) is 13.1. The molecule has 0 bridgehead atoms. The number of hydrogen-bond donors (Lipinski definition) is 1. The summed E-state index contributed by atoms with van der Waals surface area (Å²) in [4.78, 5) is 16.4. The fourth-order valence-electron chi connectivity index (χ4n) is 4.66. The lowest BCUT2D eigenvalue weighted by Crippen LogP contribution is -2.52. The molecule has 1 aliphatic rings. The van der Waals surface area contributed by atoms with Gasteiger partial charge in [0.2, 0.25) is 5.91 Å². The topological polar surface area (TPSA) is 98.5 Å². The molecule has 0 radical (unpaired) electrons. The van der Waals surface area contributed by atoms with Gasteiger partial charge in [-0.1, -0.05) is 24.3 Å². The van der Waals surface area contributed by atoms with Crippen LogP contribution in [0, 0.1) is 6.92 Å². The Morgan fingerprint density at radius 2 is 1.87 bits per heavy atom. The van der Waals surface area contributed by atoms with Crippen LogP contribution in [0.5, 0.6) is 17.2 Å². The maximum absolute atomic E-state index is 12.7. The standard InChI is InChI=1S/C29H38N4O6/c1-23-16-30-33(17-23)13-14-38-26-10-9-24(15-27(26)37-3)18-31-11-12-32(28(34)19-36-2)21-29(35,20-31)22-39-25-7-5-4-6-8-25/h4-10,15-17,35H,11-14,18-22H2,1-3H3/t29-/m1/s1. The van der Waals surface area contributed by atoms with Gasteiger partial charge in [-0.3, -0.25) is 14.4 Å². The van der Waals surface area contributed by atoms with Gasteiger partial charge in [-0.2, -0.15) is 5.10 Å². The molecule has 1 aromatic heterocycles. The van der Waals surface area contributed by atoms with Gasteiger partial charge in [-0.25, -0.2) is 0 Å². The van der Waals surface area contributed by atoms with Gasteiger partial charge < -0.3 is 29.0 Å². The average molecular weight is 539 g/mol. The molecule has 0 saturated carbocycles. The molecule has 1 amide bonds. The van der Waals surface area contributed by atoms with Crippen LogP contribution < -0.4 is 14.2 Å². The Hall–Kier alpha value is -3.60. The zero-order valence-electron chi connectivity index (χ0n) is 22.9. The smallest absolute Gasteiger partial charge is 0.248 e. The number of aryl methyl sites for hydroxylation is 1. The van der Waals surface area contributed by atoms with Crippen molar-refractivity contribution >= 4 is 5.91 Å². The molecule has 0 aliphatic carbocycles. The molecule has 0 unspecified atom stereocenters. The third kappa shape index (κ3) is 8.19. The largest absolute Gasteiger partial charge is 0.493 e. The quantitative estimate of drug-likeness (QED) is 0.375. The number of aromatic nitrogens is 2. The molecule has 2 heterocycles. The minimum Gasteiger partial charge on any atom is -0.493 e. The van der Waals surface area contributed by atoms with E-state index in [1.165, 1.54) is 7.11 Å². The number of carbonyl (C=O) groups excluding carboxylic acids is 1. The molecule has 1 saturated heterocycles.